The highest BCUT2D eigenvalue weighted by Gasteiger charge is 2.34. The van der Waals surface area contributed by atoms with Crippen LogP contribution in [0.1, 0.15) is 22.8 Å². The summed E-state index contributed by atoms with van der Waals surface area (Å²) in [5.74, 6) is 0. The van der Waals surface area contributed by atoms with Gasteiger partial charge in [-0.25, -0.2) is 43.6 Å². The highest BCUT2D eigenvalue weighted by molar-refractivity contribution is 9.18. The van der Waals surface area contributed by atoms with Crippen LogP contribution in [0.5, 0.6) is 0 Å². The molecular weight excluding hydrogens is 1260 g/mol. The number of rotatable bonds is 4. The fourth-order valence-corrected chi connectivity index (χ4v) is 12.5. The fourth-order valence-electron chi connectivity index (χ4n) is 4.42. The van der Waals surface area contributed by atoms with Crippen molar-refractivity contribution in [1.82, 2.24) is 19.9 Å². The Kier molecular flexibility index (Phi) is 10.5. The summed E-state index contributed by atoms with van der Waals surface area (Å²) in [4.78, 5) is 7.78. The van der Waals surface area contributed by atoms with Gasteiger partial charge in [0, 0.05) is 0 Å². The Morgan fingerprint density at radius 2 is 0.583 bits per heavy atom. The molecule has 0 unspecified atom stereocenters. The van der Waals surface area contributed by atoms with E-state index >= 15 is 0 Å². The summed E-state index contributed by atoms with van der Waals surface area (Å²) in [6, 6.07) is 0. The van der Waals surface area contributed by atoms with Gasteiger partial charge in [0.15, 0.2) is 0 Å². The van der Waals surface area contributed by atoms with Gasteiger partial charge in [-0.2, -0.15) is 0 Å². The van der Waals surface area contributed by atoms with Gasteiger partial charge in [-0.1, -0.05) is 0 Å². The lowest BCUT2D eigenvalue weighted by atomic mass is 10.3. The second-order valence-corrected chi connectivity index (χ2v) is 20.6. The molecule has 8 bridgehead atoms. The normalized spacial score (nSPS) is 14.8. The fraction of sp³-hybridized carbons (Fsp3) is 0. The van der Waals surface area contributed by atoms with Crippen molar-refractivity contribution in [3.63, 3.8) is 0 Å². The summed E-state index contributed by atoms with van der Waals surface area (Å²) in [5.41, 5.74) is -6.08. The molecule has 2 N–H and O–H groups in total. The summed E-state index contributed by atoms with van der Waals surface area (Å²) in [5, 5.41) is 0. The summed E-state index contributed by atoms with van der Waals surface area (Å²) < 4.78 is 151. The molecule has 0 saturated carbocycles. The predicted molar refractivity (Wildman–Crippen MR) is 193 cm³/mol. The van der Waals surface area contributed by atoms with Crippen molar-refractivity contribution in [2.45, 2.75) is 19.6 Å². The minimum Gasteiger partial charge on any atom is -0.744 e. The number of H-pyrrole nitrogens is 2. The van der Waals surface area contributed by atoms with E-state index in [0.29, 0.717) is 0 Å². The molecule has 48 heavy (non-hydrogen) atoms. The number of nitrogens with one attached hydrogen (secondary N) is 2. The Morgan fingerprint density at radius 3 is 0.812 bits per heavy atom. The largest absolute Gasteiger partial charge is 0.744 e. The van der Waals surface area contributed by atoms with Crippen molar-refractivity contribution in [1.29, 1.82) is 0 Å². The maximum atomic E-state index is 12.8. The van der Waals surface area contributed by atoms with Gasteiger partial charge in [-0.15, -0.1) is 0 Å². The molecule has 0 radical (unpaired) electrons. The van der Waals surface area contributed by atoms with Crippen molar-refractivity contribution < 1.29 is 51.9 Å². The molecule has 0 aliphatic carbocycles. The number of aromatic nitrogens is 4. The Balaban J connectivity index is 2.39. The Labute approximate surface area is 335 Å². The van der Waals surface area contributed by atoms with Gasteiger partial charge >= 0.3 is 0 Å². The van der Waals surface area contributed by atoms with Gasteiger partial charge in [0.25, 0.3) is 0 Å². The third kappa shape index (κ3) is 6.49. The number of hydrogen-bond acceptors (Lipinski definition) is 14. The summed E-state index contributed by atoms with van der Waals surface area (Å²) in [6.07, 6.45) is 0. The minimum absolute atomic E-state index is 0.359. The van der Waals surface area contributed by atoms with Crippen molar-refractivity contribution in [3.8, 4) is 0 Å². The minimum atomic E-state index is -5.69. The zero-order valence-corrected chi connectivity index (χ0v) is 37.4. The average Bonchev–Trinajstić information content (AvgIpc) is 3.55. The first-order valence-electron chi connectivity index (χ1n) is 11.2. The van der Waals surface area contributed by atoms with Gasteiger partial charge in [-0.3, -0.25) is 0 Å². The molecular formula is C20H2Br8N4O12S4-4. The third-order valence-electron chi connectivity index (χ3n) is 6.20. The van der Waals surface area contributed by atoms with Crippen LogP contribution in [0.2, 0.25) is 0 Å². The van der Waals surface area contributed by atoms with E-state index in [-0.39, 0.29) is 17.9 Å². The molecule has 3 aromatic rings. The van der Waals surface area contributed by atoms with Gasteiger partial charge in [-0.05, 0) is 127 Å². The lowest BCUT2D eigenvalue weighted by molar-refractivity contribution is 0.460. The molecule has 28 heteroatoms. The van der Waals surface area contributed by atoms with Crippen LogP contribution in [-0.2, 0) is 40.5 Å². The molecule has 258 valence electrons. The molecule has 16 nitrogen and oxygen atoms in total. The number of hydrogen-bond donors (Lipinski definition) is 2. The van der Waals surface area contributed by atoms with E-state index in [4.69, 9.17) is 0 Å². The van der Waals surface area contributed by atoms with E-state index in [1.807, 2.05) is 0 Å². The van der Waals surface area contributed by atoms with Crippen LogP contribution < -0.4 is 0 Å². The van der Waals surface area contributed by atoms with E-state index < -0.39 is 123 Å². The van der Waals surface area contributed by atoms with Crippen LogP contribution in [-0.4, -0.2) is 71.8 Å². The third-order valence-corrected chi connectivity index (χ3v) is 18.2. The standard InChI is InChI=1S/C20H6Br8N4O12S4/c21-1-2(22)10-18(46(36,37)38)12-5(25)6(26)14(31-12)20(48(42,43)44)16-8(28)7(27)15(32-16)19(47(39,40)41)13-4(24)3(23)11(30-13)17(9(1)29-10)45(33,34)35/h29-30H,(H,33,34,35)(H,36,37,38)(H,39,40,41)(H,42,43,44)/p-4. The molecule has 0 spiro atoms. The van der Waals surface area contributed by atoms with E-state index in [0.717, 1.165) is 0 Å². The van der Waals surface area contributed by atoms with Crippen molar-refractivity contribution in [3.05, 3.63) is 40.7 Å². The van der Waals surface area contributed by atoms with Crippen LogP contribution in [0, 0.1) is 0 Å². The first kappa shape index (κ1) is 39.3. The predicted octanol–water partition coefficient (Wildman–Crippen LogP) is 6.21. The van der Waals surface area contributed by atoms with E-state index in [9.17, 15) is 51.9 Å². The molecule has 0 fully saturated rings. The van der Waals surface area contributed by atoms with E-state index in [1.54, 1.807) is 0 Å². The number of fused-ring (bicyclic) bond motifs is 8. The second kappa shape index (κ2) is 12.9. The molecule has 3 aromatic heterocycles. The molecule has 2 aliphatic heterocycles. The maximum absolute atomic E-state index is 12.8. The SMILES string of the molecule is O=S(=O)([O-])c1c2nc(c(S(=O)(=O)[O-])c3[nH]c(c(Br)c3Br)c(S(=O)(=O)[O-])c3[nH]c(c(Br)c3Br)c(S(=O)(=O)[O-])c3nc1C(Br)=C3Br)C(Br)=C2Br. The highest BCUT2D eigenvalue weighted by atomic mass is 79.9. The monoisotopic (exact) mass is 1250 g/mol. The zero-order chi connectivity index (χ0) is 36.4. The molecule has 0 atom stereocenters. The summed E-state index contributed by atoms with van der Waals surface area (Å²) >= 11 is 24.3. The van der Waals surface area contributed by atoms with Gasteiger partial charge in [0.2, 0.25) is 0 Å². The number of nitrogens with zero attached hydrogens (tertiary/aromatic N) is 2. The lowest BCUT2D eigenvalue weighted by Crippen LogP contribution is -2.07. The van der Waals surface area contributed by atoms with Gasteiger partial charge in [0.05, 0.1) is 80.7 Å². The number of aromatic amines is 2. The maximum Gasteiger partial charge on any atom is 0.128 e. The second-order valence-electron chi connectivity index (χ2n) is 9.01. The van der Waals surface area contributed by atoms with E-state index in [1.165, 1.54) is 0 Å². The molecule has 0 saturated heterocycles. The lowest BCUT2D eigenvalue weighted by Gasteiger charge is -2.11. The van der Waals surface area contributed by atoms with Crippen LogP contribution in [0.15, 0.2) is 37.5 Å². The first-order valence-corrected chi connectivity index (χ1v) is 23.2. The molecule has 0 amide bonds. The Bertz CT molecular complexity index is 2600. The smallest absolute Gasteiger partial charge is 0.128 e. The van der Waals surface area contributed by atoms with Crippen LogP contribution in [0.3, 0.4) is 0 Å². The van der Waals surface area contributed by atoms with Crippen molar-refractivity contribution >= 4 is 208 Å². The zero-order valence-electron chi connectivity index (χ0n) is 21.5. The Hall–Kier alpha value is 0.0800. The average molecular weight is 1260 g/mol. The molecule has 0 aromatic carbocycles. The van der Waals surface area contributed by atoms with E-state index in [2.05, 4.69) is 147 Å². The first-order chi connectivity index (χ1) is 21.7. The van der Waals surface area contributed by atoms with Crippen LogP contribution in [0.4, 0.5) is 0 Å². The topological polar surface area (TPSA) is 286 Å². The molecule has 5 heterocycles. The molecule has 5 rings (SSSR count). The summed E-state index contributed by atoms with van der Waals surface area (Å²) in [6.45, 7) is 0. The number of halogens is 8. The van der Waals surface area contributed by atoms with Crippen LogP contribution in [0.25, 0.3) is 40.0 Å². The molecule has 2 aliphatic rings. The van der Waals surface area contributed by atoms with Gasteiger partial charge < -0.3 is 28.2 Å². The van der Waals surface area contributed by atoms with Crippen molar-refractivity contribution in [2.24, 2.45) is 0 Å². The summed E-state index contributed by atoms with van der Waals surface area (Å²) in [7, 11) is -22.7. The van der Waals surface area contributed by atoms with Crippen LogP contribution >= 0.6 is 127 Å². The van der Waals surface area contributed by atoms with Crippen molar-refractivity contribution in [2.75, 3.05) is 0 Å². The van der Waals surface area contributed by atoms with Gasteiger partial charge in [0.1, 0.15) is 60.1 Å². The Morgan fingerprint density at radius 1 is 0.375 bits per heavy atom. The quantitative estimate of drug-likeness (QED) is 0.275. The highest BCUT2D eigenvalue weighted by Crippen LogP contribution is 2.50.